The van der Waals surface area contributed by atoms with E-state index in [1.165, 1.54) is 6.07 Å². The van der Waals surface area contributed by atoms with Crippen molar-refractivity contribution in [3.05, 3.63) is 52.1 Å². The number of para-hydroxylation sites is 2. The van der Waals surface area contributed by atoms with Crippen molar-refractivity contribution in [2.45, 2.75) is 45.6 Å². The van der Waals surface area contributed by atoms with E-state index in [0.29, 0.717) is 29.6 Å². The number of hydrogen-bond acceptors (Lipinski definition) is 8. The van der Waals surface area contributed by atoms with Gasteiger partial charge in [-0.15, -0.1) is 0 Å². The highest BCUT2D eigenvalue weighted by molar-refractivity contribution is 5.54. The normalized spacial score (nSPS) is 11.7. The molecule has 0 bridgehead atoms. The number of hydrogen-bond donors (Lipinski definition) is 0. The maximum Gasteiger partial charge on any atom is 0.310 e. The lowest BCUT2D eigenvalue weighted by Crippen LogP contribution is -2.27. The Hall–Kier alpha value is -3.51. The number of rotatable bonds is 16. The van der Waals surface area contributed by atoms with Crippen LogP contribution in [0.1, 0.15) is 38.7 Å². The van der Waals surface area contributed by atoms with Gasteiger partial charge in [-0.1, -0.05) is 26.0 Å². The number of nitro benzene ring substituents is 1. The van der Waals surface area contributed by atoms with Crippen LogP contribution in [0.25, 0.3) is 0 Å². The maximum absolute atomic E-state index is 11.1. The Morgan fingerprint density at radius 1 is 1.06 bits per heavy atom. The topological polar surface area (TPSA) is 107 Å². The van der Waals surface area contributed by atoms with Crippen molar-refractivity contribution >= 4 is 5.69 Å². The van der Waals surface area contributed by atoms with E-state index in [4.69, 9.17) is 24.2 Å². The molecule has 0 aliphatic rings. The molecular weight excluding hydrogens is 462 g/mol. The fourth-order valence-corrected chi connectivity index (χ4v) is 3.88. The van der Waals surface area contributed by atoms with Gasteiger partial charge >= 0.3 is 5.69 Å². The van der Waals surface area contributed by atoms with Crippen LogP contribution in [0.2, 0.25) is 0 Å². The Balaban J connectivity index is 1.86. The third kappa shape index (κ3) is 8.61. The summed E-state index contributed by atoms with van der Waals surface area (Å²) in [7, 11) is 5.20. The molecule has 9 nitrogen and oxygen atoms in total. The summed E-state index contributed by atoms with van der Waals surface area (Å²) in [4.78, 5) is 12.9. The molecule has 0 radical (unpaired) electrons. The number of benzene rings is 2. The lowest BCUT2D eigenvalue weighted by molar-refractivity contribution is -0.385. The number of ether oxygens (including phenoxy) is 4. The Morgan fingerprint density at radius 2 is 1.75 bits per heavy atom. The molecule has 1 unspecified atom stereocenters. The highest BCUT2D eigenvalue weighted by atomic mass is 16.6. The first-order chi connectivity index (χ1) is 17.3. The van der Waals surface area contributed by atoms with Crippen molar-refractivity contribution in [3.8, 4) is 29.1 Å². The van der Waals surface area contributed by atoms with Crippen LogP contribution in [0, 0.1) is 27.4 Å². The second-order valence-corrected chi connectivity index (χ2v) is 8.94. The maximum atomic E-state index is 11.1. The zero-order valence-electron chi connectivity index (χ0n) is 21.9. The second kappa shape index (κ2) is 14.8. The Bertz CT molecular complexity index is 1020. The van der Waals surface area contributed by atoms with Crippen LogP contribution < -0.4 is 18.9 Å². The predicted molar refractivity (Wildman–Crippen MR) is 138 cm³/mol. The van der Waals surface area contributed by atoms with Crippen LogP contribution in [-0.2, 0) is 6.42 Å². The van der Waals surface area contributed by atoms with Gasteiger partial charge in [-0.3, -0.25) is 10.1 Å². The summed E-state index contributed by atoms with van der Waals surface area (Å²) < 4.78 is 23.0. The molecule has 196 valence electrons. The zero-order chi connectivity index (χ0) is 26.5. The minimum Gasteiger partial charge on any atom is -0.493 e. The molecule has 0 aliphatic carbocycles. The van der Waals surface area contributed by atoms with Gasteiger partial charge < -0.3 is 23.8 Å². The van der Waals surface area contributed by atoms with Crippen LogP contribution in [0.4, 0.5) is 5.69 Å². The number of methoxy groups -OCH3 is 2. The fraction of sp³-hybridized carbons (Fsp3) is 0.519. The summed E-state index contributed by atoms with van der Waals surface area (Å²) in [6.45, 7) is 6.35. The average Bonchev–Trinajstić information content (AvgIpc) is 2.85. The van der Waals surface area contributed by atoms with E-state index in [0.717, 1.165) is 37.9 Å². The van der Waals surface area contributed by atoms with Crippen molar-refractivity contribution < 1.29 is 23.9 Å². The zero-order valence-corrected chi connectivity index (χ0v) is 21.9. The first-order valence-electron chi connectivity index (χ1n) is 12.1. The van der Waals surface area contributed by atoms with Crippen LogP contribution in [-0.4, -0.2) is 56.9 Å². The summed E-state index contributed by atoms with van der Waals surface area (Å²) >= 11 is 0. The average molecular weight is 500 g/mol. The fourth-order valence-electron chi connectivity index (χ4n) is 3.88. The monoisotopic (exact) mass is 499 g/mol. The summed E-state index contributed by atoms with van der Waals surface area (Å²) in [5.74, 6) is 2.24. The van der Waals surface area contributed by atoms with Crippen molar-refractivity contribution in [3.63, 3.8) is 0 Å². The largest absolute Gasteiger partial charge is 0.493 e. The first-order valence-corrected chi connectivity index (χ1v) is 12.1. The van der Waals surface area contributed by atoms with Crippen molar-refractivity contribution in [2.75, 3.05) is 41.0 Å². The van der Waals surface area contributed by atoms with Crippen molar-refractivity contribution in [2.24, 2.45) is 5.92 Å². The van der Waals surface area contributed by atoms with Crippen LogP contribution >= 0.6 is 0 Å². The van der Waals surface area contributed by atoms with E-state index < -0.39 is 4.92 Å². The quantitative estimate of drug-likeness (QED) is 0.175. The van der Waals surface area contributed by atoms with Crippen molar-refractivity contribution in [1.82, 2.24) is 4.90 Å². The molecule has 0 saturated carbocycles. The molecule has 0 spiro atoms. The van der Waals surface area contributed by atoms with E-state index in [1.54, 1.807) is 38.5 Å². The minimum absolute atomic E-state index is 0.0157. The smallest absolute Gasteiger partial charge is 0.310 e. The Morgan fingerprint density at radius 3 is 2.39 bits per heavy atom. The van der Waals surface area contributed by atoms with Crippen LogP contribution in [0.5, 0.6) is 23.0 Å². The highest BCUT2D eigenvalue weighted by Gasteiger charge is 2.21. The van der Waals surface area contributed by atoms with Gasteiger partial charge in [0.25, 0.3) is 0 Å². The van der Waals surface area contributed by atoms with Gasteiger partial charge in [0.1, 0.15) is 6.10 Å². The minimum atomic E-state index is -0.430. The molecule has 0 saturated heterocycles. The predicted octanol–water partition coefficient (Wildman–Crippen LogP) is 5.26. The molecule has 0 heterocycles. The third-order valence-electron chi connectivity index (χ3n) is 5.84. The summed E-state index contributed by atoms with van der Waals surface area (Å²) in [6, 6.07) is 12.2. The SMILES string of the molecule is COc1cc(CC#N)cc(OC(CCCN(C)CCCOc2ccccc2[N+](=O)[O-])C(C)C)c1OC. The lowest BCUT2D eigenvalue weighted by atomic mass is 10.0. The number of nitrogens with zero attached hydrogens (tertiary/aromatic N) is 3. The van der Waals surface area contributed by atoms with Gasteiger partial charge in [0.2, 0.25) is 5.75 Å². The molecule has 0 amide bonds. The first kappa shape index (κ1) is 28.7. The van der Waals surface area contributed by atoms with E-state index in [1.807, 2.05) is 6.07 Å². The molecule has 2 rings (SSSR count). The van der Waals surface area contributed by atoms with Gasteiger partial charge in [0.15, 0.2) is 17.2 Å². The van der Waals surface area contributed by atoms with Gasteiger partial charge in [-0.25, -0.2) is 0 Å². The second-order valence-electron chi connectivity index (χ2n) is 8.94. The number of nitro groups is 1. The van der Waals surface area contributed by atoms with Gasteiger partial charge in [0.05, 0.1) is 38.2 Å². The molecule has 0 fully saturated rings. The molecule has 2 aromatic rings. The van der Waals surface area contributed by atoms with Gasteiger partial charge in [-0.05, 0) is 62.5 Å². The standard InChI is InChI=1S/C27H37N3O6/c1-20(2)23(36-26-19-21(13-14-28)18-25(33-4)27(26)34-5)12-8-15-29(3)16-9-17-35-24-11-7-6-10-22(24)30(31)32/h6-7,10-11,18-20,23H,8-9,12-13,15-17H2,1-5H3. The highest BCUT2D eigenvalue weighted by Crippen LogP contribution is 2.40. The number of nitriles is 1. The van der Waals surface area contributed by atoms with Crippen LogP contribution in [0.3, 0.4) is 0 Å². The van der Waals surface area contributed by atoms with E-state index in [-0.39, 0.29) is 24.1 Å². The van der Waals surface area contributed by atoms with Crippen LogP contribution in [0.15, 0.2) is 36.4 Å². The molecular formula is C27H37N3O6. The van der Waals surface area contributed by atoms with Gasteiger partial charge in [0, 0.05) is 12.6 Å². The molecule has 1 atom stereocenters. The Labute approximate surface area is 213 Å². The third-order valence-corrected chi connectivity index (χ3v) is 5.84. The lowest BCUT2D eigenvalue weighted by Gasteiger charge is -2.26. The molecule has 0 N–H and O–H groups in total. The van der Waals surface area contributed by atoms with E-state index in [9.17, 15) is 10.1 Å². The van der Waals surface area contributed by atoms with E-state index >= 15 is 0 Å². The van der Waals surface area contributed by atoms with Crippen molar-refractivity contribution in [1.29, 1.82) is 5.26 Å². The molecule has 2 aromatic carbocycles. The Kier molecular flexibility index (Phi) is 11.8. The van der Waals surface area contributed by atoms with Gasteiger partial charge in [-0.2, -0.15) is 5.26 Å². The molecule has 36 heavy (non-hydrogen) atoms. The molecule has 0 aliphatic heterocycles. The summed E-state index contributed by atoms with van der Waals surface area (Å²) in [6.07, 6.45) is 2.77. The summed E-state index contributed by atoms with van der Waals surface area (Å²) in [5.41, 5.74) is 0.799. The molecule has 9 heteroatoms. The summed E-state index contributed by atoms with van der Waals surface area (Å²) in [5, 5.41) is 20.2. The van der Waals surface area contributed by atoms with E-state index in [2.05, 4.69) is 31.9 Å². The molecule has 0 aromatic heterocycles.